The minimum absolute atomic E-state index is 0.0188. The fourth-order valence-electron chi connectivity index (χ4n) is 9.06. The molecule has 2 heterocycles. The molecule has 0 spiro atoms. The molecule has 0 aromatic rings. The summed E-state index contributed by atoms with van der Waals surface area (Å²) in [6.07, 6.45) is 43.9. The molecule has 2 aliphatic carbocycles. The first-order valence-corrected chi connectivity index (χ1v) is 25.1. The largest absolute Gasteiger partial charge is 0.481 e. The molecule has 340 valence electrons. The van der Waals surface area contributed by atoms with Gasteiger partial charge in [-0.1, -0.05) is 174 Å². The van der Waals surface area contributed by atoms with Crippen LogP contribution in [0, 0.1) is 23.7 Å². The van der Waals surface area contributed by atoms with Crippen molar-refractivity contribution in [3.05, 3.63) is 0 Å². The molecule has 2 aliphatic heterocycles. The third-order valence-corrected chi connectivity index (χ3v) is 13.2. The van der Waals surface area contributed by atoms with Gasteiger partial charge < -0.3 is 24.6 Å². The topological polar surface area (TPSA) is 111 Å². The smallest absolute Gasteiger partial charge is 0.307 e. The first-order chi connectivity index (χ1) is 28.4. The number of piperidine rings is 1. The number of aliphatic carboxylic acids is 1. The molecule has 0 amide bonds. The van der Waals surface area contributed by atoms with Crippen LogP contribution in [0.25, 0.3) is 0 Å². The number of rotatable bonds is 33. The van der Waals surface area contributed by atoms with Gasteiger partial charge in [0.2, 0.25) is 0 Å². The van der Waals surface area contributed by atoms with Gasteiger partial charge in [0, 0.05) is 25.3 Å². The molecule has 0 aromatic heterocycles. The van der Waals surface area contributed by atoms with E-state index >= 15 is 0 Å². The molecule has 4 aliphatic rings. The lowest BCUT2D eigenvalue weighted by molar-refractivity contribution is -0.149. The third-order valence-electron chi connectivity index (χ3n) is 13.2. The molecule has 2 saturated heterocycles. The molecule has 58 heavy (non-hydrogen) atoms. The van der Waals surface area contributed by atoms with E-state index in [9.17, 15) is 14.4 Å². The molecule has 2 saturated carbocycles. The van der Waals surface area contributed by atoms with E-state index in [4.69, 9.17) is 14.6 Å². The molecule has 4 fully saturated rings. The molecule has 8 heteroatoms. The Morgan fingerprint density at radius 3 is 1.47 bits per heavy atom. The van der Waals surface area contributed by atoms with Gasteiger partial charge in [-0.3, -0.25) is 14.4 Å². The summed E-state index contributed by atoms with van der Waals surface area (Å²) in [5, 5.41) is 11.8. The second-order valence-corrected chi connectivity index (χ2v) is 18.5. The molecule has 5 unspecified atom stereocenters. The Labute approximate surface area is 357 Å². The number of unbranched alkanes of at least 4 members (excludes halogenated alkanes) is 18. The summed E-state index contributed by atoms with van der Waals surface area (Å²) in [6.45, 7) is 6.93. The number of methoxy groups -OCH3 is 1. The monoisotopic (exact) mass is 820 g/mol. The summed E-state index contributed by atoms with van der Waals surface area (Å²) in [4.78, 5) is 32.9. The van der Waals surface area contributed by atoms with Gasteiger partial charge in [-0.15, -0.1) is 0 Å². The van der Waals surface area contributed by atoms with E-state index in [1.807, 2.05) is 0 Å². The van der Waals surface area contributed by atoms with Gasteiger partial charge in [-0.25, -0.2) is 0 Å². The number of ether oxygens (including phenoxy) is 3. The second-order valence-electron chi connectivity index (χ2n) is 18.5. The van der Waals surface area contributed by atoms with Gasteiger partial charge >= 0.3 is 17.9 Å². The highest BCUT2D eigenvalue weighted by molar-refractivity contribution is 5.70. The number of carbonyl (C=O) groups is 3. The van der Waals surface area contributed by atoms with Crippen LogP contribution in [0.15, 0.2) is 0 Å². The predicted octanol–water partition coefficient (Wildman–Crippen LogP) is 13.3. The lowest BCUT2D eigenvalue weighted by Gasteiger charge is -2.21. The molecule has 0 bridgehead atoms. The van der Waals surface area contributed by atoms with Crippen molar-refractivity contribution in [2.45, 2.75) is 251 Å². The highest BCUT2D eigenvalue weighted by atomic mass is 16.6. The van der Waals surface area contributed by atoms with Gasteiger partial charge in [-0.05, 0) is 68.7 Å². The van der Waals surface area contributed by atoms with Gasteiger partial charge in [0.05, 0.1) is 26.7 Å². The van der Waals surface area contributed by atoms with Crippen molar-refractivity contribution in [3.8, 4) is 0 Å². The van der Waals surface area contributed by atoms with E-state index in [2.05, 4.69) is 23.9 Å². The number of carboxylic acids is 1. The SMILES string of the molecule is CCCCCCCCC1CC1CCCCCCCC(=O)O.CCCCCCCCC1CC1CCCCCCCC(=O)O[C@@H]1CCOC1.COC(=O)CC1CCCCN1. The first-order valence-electron chi connectivity index (χ1n) is 25.1. The van der Waals surface area contributed by atoms with E-state index in [0.29, 0.717) is 31.9 Å². The van der Waals surface area contributed by atoms with Gasteiger partial charge in [-0.2, -0.15) is 0 Å². The van der Waals surface area contributed by atoms with Crippen LogP contribution < -0.4 is 5.32 Å². The van der Waals surface area contributed by atoms with Crippen molar-refractivity contribution in [3.63, 3.8) is 0 Å². The predicted molar refractivity (Wildman–Crippen MR) is 239 cm³/mol. The quantitative estimate of drug-likeness (QED) is 0.0497. The molecule has 2 N–H and O–H groups in total. The van der Waals surface area contributed by atoms with Crippen molar-refractivity contribution in [2.24, 2.45) is 23.7 Å². The molecule has 6 atom stereocenters. The Morgan fingerprint density at radius 1 is 0.586 bits per heavy atom. The van der Waals surface area contributed by atoms with Crippen LogP contribution in [0.5, 0.6) is 0 Å². The lowest BCUT2D eigenvalue weighted by atomic mass is 10.0. The zero-order valence-electron chi connectivity index (χ0n) is 38.2. The Bertz CT molecular complexity index is 994. The maximum absolute atomic E-state index is 11.7. The van der Waals surface area contributed by atoms with Crippen molar-refractivity contribution in [1.82, 2.24) is 5.32 Å². The van der Waals surface area contributed by atoms with Crippen LogP contribution in [-0.2, 0) is 28.6 Å². The van der Waals surface area contributed by atoms with Crippen molar-refractivity contribution in [1.29, 1.82) is 0 Å². The molecular formula is C50H93NO7. The summed E-state index contributed by atoms with van der Waals surface area (Å²) in [7, 11) is 1.44. The minimum atomic E-state index is -0.648. The first kappa shape index (κ1) is 52.5. The lowest BCUT2D eigenvalue weighted by Crippen LogP contribution is -2.35. The standard InChI is InChI=1S/C23H42O3.C19H36O2.C8H15NO2/c1-2-3-4-5-7-10-13-20-18-21(20)14-11-8-6-9-12-15-23(24)26-22-16-17-25-19-22;1-2-3-4-5-7-10-13-17-16-18(17)14-11-8-6-9-12-15-19(20)21;1-11-8(10)6-7-4-2-3-5-9-7/h20-22H,2-19H2,1H3;17-18H,2-16H2,1H3,(H,20,21);7,9H,2-6H2,1H3/t20?,21?,22-;;/m1../s1. The van der Waals surface area contributed by atoms with Gasteiger partial charge in [0.25, 0.3) is 0 Å². The fraction of sp³-hybridized carbons (Fsp3) is 0.940. The minimum Gasteiger partial charge on any atom is -0.481 e. The highest BCUT2D eigenvalue weighted by Crippen LogP contribution is 2.46. The van der Waals surface area contributed by atoms with E-state index in [1.165, 1.54) is 180 Å². The molecule has 8 nitrogen and oxygen atoms in total. The third kappa shape index (κ3) is 30.4. The number of hydrogen-bond acceptors (Lipinski definition) is 7. The fourth-order valence-corrected chi connectivity index (χ4v) is 9.06. The Kier molecular flexibility index (Phi) is 32.6. The molecule has 0 aromatic carbocycles. The van der Waals surface area contributed by atoms with Crippen molar-refractivity contribution in [2.75, 3.05) is 26.9 Å². The number of hydrogen-bond donors (Lipinski definition) is 2. The molecular weight excluding hydrogens is 727 g/mol. The summed E-state index contributed by atoms with van der Waals surface area (Å²) < 4.78 is 15.2. The summed E-state index contributed by atoms with van der Waals surface area (Å²) in [5.41, 5.74) is 0. The molecule has 4 rings (SSSR count). The van der Waals surface area contributed by atoms with Crippen LogP contribution in [0.4, 0.5) is 0 Å². The van der Waals surface area contributed by atoms with Crippen molar-refractivity contribution < 1.29 is 33.7 Å². The van der Waals surface area contributed by atoms with Crippen LogP contribution in [0.2, 0.25) is 0 Å². The number of nitrogens with one attached hydrogen (secondary N) is 1. The van der Waals surface area contributed by atoms with Crippen LogP contribution >= 0.6 is 0 Å². The maximum atomic E-state index is 11.7. The van der Waals surface area contributed by atoms with Crippen LogP contribution in [-0.4, -0.2) is 62.0 Å². The zero-order chi connectivity index (χ0) is 41.9. The van der Waals surface area contributed by atoms with E-state index < -0.39 is 5.97 Å². The summed E-state index contributed by atoms with van der Waals surface area (Å²) in [5.74, 6) is 3.43. The van der Waals surface area contributed by atoms with Gasteiger partial charge in [0.15, 0.2) is 0 Å². The average Bonchev–Trinajstić information content (AvgIpc) is 4.11. The zero-order valence-corrected chi connectivity index (χ0v) is 38.2. The Balaban J connectivity index is 0.000000324. The normalized spacial score (nSPS) is 23.2. The maximum Gasteiger partial charge on any atom is 0.307 e. The van der Waals surface area contributed by atoms with Crippen molar-refractivity contribution >= 4 is 17.9 Å². The highest BCUT2D eigenvalue weighted by Gasteiger charge is 2.35. The van der Waals surface area contributed by atoms with Crippen LogP contribution in [0.3, 0.4) is 0 Å². The number of esters is 2. The van der Waals surface area contributed by atoms with Gasteiger partial charge in [0.1, 0.15) is 6.10 Å². The average molecular weight is 820 g/mol. The van der Waals surface area contributed by atoms with E-state index in [1.54, 1.807) is 0 Å². The number of carboxylic acid groups (broad SMARTS) is 1. The summed E-state index contributed by atoms with van der Waals surface area (Å²) >= 11 is 0. The number of carbonyl (C=O) groups excluding carboxylic acids is 2. The van der Waals surface area contributed by atoms with E-state index in [0.717, 1.165) is 68.9 Å². The second kappa shape index (κ2) is 36.0. The molecule has 0 radical (unpaired) electrons. The summed E-state index contributed by atoms with van der Waals surface area (Å²) in [6, 6.07) is 0.358. The van der Waals surface area contributed by atoms with E-state index in [-0.39, 0.29) is 18.0 Å². The Morgan fingerprint density at radius 2 is 1.05 bits per heavy atom. The Hall–Kier alpha value is -1.67. The van der Waals surface area contributed by atoms with Crippen LogP contribution in [0.1, 0.15) is 239 Å².